The molecule has 0 aromatic rings. The Morgan fingerprint density at radius 1 is 1.22 bits per heavy atom. The molecule has 54 valence electrons. The Hall–Kier alpha value is 0.540. The van der Waals surface area contributed by atoms with Crippen molar-refractivity contribution < 1.29 is 0 Å². The molecular formula is C6H11Cl2N. The van der Waals surface area contributed by atoms with Crippen LogP contribution in [0.1, 0.15) is 25.7 Å². The summed E-state index contributed by atoms with van der Waals surface area (Å²) in [5.74, 6) is 0. The molecule has 0 bridgehead atoms. The van der Waals surface area contributed by atoms with Gasteiger partial charge in [0.15, 0.2) is 0 Å². The normalized spacial score (nSPS) is 28.3. The first-order chi connectivity index (χ1) is 4.10. The van der Waals surface area contributed by atoms with E-state index in [-0.39, 0.29) is 0 Å². The maximum absolute atomic E-state index is 5.85. The molecule has 3 heteroatoms. The third-order valence-corrected chi connectivity index (χ3v) is 2.52. The van der Waals surface area contributed by atoms with Crippen LogP contribution in [0.2, 0.25) is 0 Å². The van der Waals surface area contributed by atoms with Crippen molar-refractivity contribution in [2.24, 2.45) is 5.73 Å². The fourth-order valence-corrected chi connectivity index (χ4v) is 1.50. The third kappa shape index (κ3) is 2.32. The van der Waals surface area contributed by atoms with Crippen LogP contribution in [0.3, 0.4) is 0 Å². The molecule has 0 heterocycles. The van der Waals surface area contributed by atoms with Gasteiger partial charge in [0.1, 0.15) is 4.33 Å². The lowest BCUT2D eigenvalue weighted by Gasteiger charge is -2.27. The van der Waals surface area contributed by atoms with Crippen LogP contribution in [0.15, 0.2) is 0 Å². The third-order valence-electron chi connectivity index (χ3n) is 1.76. The van der Waals surface area contributed by atoms with Crippen LogP contribution >= 0.6 is 23.2 Å². The number of nitrogens with two attached hydrogens (primary N) is 1. The van der Waals surface area contributed by atoms with E-state index < -0.39 is 4.33 Å². The molecule has 0 atom stereocenters. The molecule has 1 nitrogen and oxygen atoms in total. The van der Waals surface area contributed by atoms with Gasteiger partial charge in [-0.1, -0.05) is 0 Å². The molecule has 0 radical (unpaired) electrons. The fourth-order valence-electron chi connectivity index (χ4n) is 1.06. The Morgan fingerprint density at radius 2 is 1.67 bits per heavy atom. The van der Waals surface area contributed by atoms with Crippen LogP contribution in [-0.2, 0) is 0 Å². The van der Waals surface area contributed by atoms with E-state index in [9.17, 15) is 0 Å². The molecule has 1 rings (SSSR count). The van der Waals surface area contributed by atoms with E-state index in [1.807, 2.05) is 0 Å². The second kappa shape index (κ2) is 2.65. The summed E-state index contributed by atoms with van der Waals surface area (Å²) in [4.78, 5) is 0. The van der Waals surface area contributed by atoms with Gasteiger partial charge >= 0.3 is 0 Å². The summed E-state index contributed by atoms with van der Waals surface area (Å²) in [6, 6.07) is 0.329. The summed E-state index contributed by atoms with van der Waals surface area (Å²) >= 11 is 11.7. The summed E-state index contributed by atoms with van der Waals surface area (Å²) in [6.07, 6.45) is 3.62. The highest BCUT2D eigenvalue weighted by molar-refractivity contribution is 6.48. The summed E-state index contributed by atoms with van der Waals surface area (Å²) in [6.45, 7) is 0. The zero-order chi connectivity index (χ0) is 6.91. The van der Waals surface area contributed by atoms with E-state index in [0.29, 0.717) is 6.04 Å². The number of hydrogen-bond acceptors (Lipinski definition) is 1. The molecule has 1 fully saturated rings. The standard InChI is InChI=1S/C6H11Cl2N/c7-6(8)3-1-5(9)2-4-6/h5H,1-4,9H2. The van der Waals surface area contributed by atoms with Gasteiger partial charge in [0.05, 0.1) is 0 Å². The van der Waals surface area contributed by atoms with Crippen molar-refractivity contribution >= 4 is 23.2 Å². The lowest BCUT2D eigenvalue weighted by molar-refractivity contribution is 0.422. The molecular weight excluding hydrogens is 157 g/mol. The van der Waals surface area contributed by atoms with Crippen LogP contribution in [0.5, 0.6) is 0 Å². The first kappa shape index (κ1) is 7.64. The van der Waals surface area contributed by atoms with E-state index in [2.05, 4.69) is 0 Å². The monoisotopic (exact) mass is 167 g/mol. The lowest BCUT2D eigenvalue weighted by atomic mass is 9.95. The van der Waals surface area contributed by atoms with E-state index in [1.54, 1.807) is 0 Å². The van der Waals surface area contributed by atoms with Gasteiger partial charge in [-0.2, -0.15) is 0 Å². The zero-order valence-corrected chi connectivity index (χ0v) is 6.75. The van der Waals surface area contributed by atoms with E-state index in [4.69, 9.17) is 28.9 Å². The van der Waals surface area contributed by atoms with Crippen molar-refractivity contribution in [3.8, 4) is 0 Å². The Morgan fingerprint density at radius 3 is 2.00 bits per heavy atom. The largest absolute Gasteiger partial charge is 0.328 e. The van der Waals surface area contributed by atoms with E-state index in [0.717, 1.165) is 25.7 Å². The number of rotatable bonds is 0. The lowest BCUT2D eigenvalue weighted by Crippen LogP contribution is -2.31. The van der Waals surface area contributed by atoms with Gasteiger partial charge in [-0.3, -0.25) is 0 Å². The van der Waals surface area contributed by atoms with Crippen molar-refractivity contribution in [2.45, 2.75) is 36.1 Å². The van der Waals surface area contributed by atoms with Crippen molar-refractivity contribution in [2.75, 3.05) is 0 Å². The average molecular weight is 168 g/mol. The highest BCUT2D eigenvalue weighted by Gasteiger charge is 2.29. The Balaban J connectivity index is 2.35. The summed E-state index contributed by atoms with van der Waals surface area (Å²) in [7, 11) is 0. The molecule has 1 aliphatic carbocycles. The topological polar surface area (TPSA) is 26.0 Å². The first-order valence-corrected chi connectivity index (χ1v) is 3.99. The number of halogens is 2. The minimum atomic E-state index is -0.476. The second-order valence-corrected chi connectivity index (χ2v) is 4.33. The van der Waals surface area contributed by atoms with Crippen molar-refractivity contribution in [1.29, 1.82) is 0 Å². The van der Waals surface area contributed by atoms with Gasteiger partial charge in [0.2, 0.25) is 0 Å². The number of alkyl halides is 2. The predicted octanol–water partition coefficient (Wildman–Crippen LogP) is 2.06. The Kier molecular flexibility index (Phi) is 2.25. The fraction of sp³-hybridized carbons (Fsp3) is 1.00. The quantitative estimate of drug-likeness (QED) is 0.550. The molecule has 0 amide bonds. The van der Waals surface area contributed by atoms with Crippen molar-refractivity contribution in [3.63, 3.8) is 0 Å². The van der Waals surface area contributed by atoms with Crippen LogP contribution in [0.4, 0.5) is 0 Å². The molecule has 9 heavy (non-hydrogen) atoms. The molecule has 2 N–H and O–H groups in total. The van der Waals surface area contributed by atoms with Crippen molar-refractivity contribution in [3.05, 3.63) is 0 Å². The molecule has 0 aliphatic heterocycles. The summed E-state index contributed by atoms with van der Waals surface area (Å²) < 4.78 is -0.476. The molecule has 0 unspecified atom stereocenters. The molecule has 0 saturated heterocycles. The minimum Gasteiger partial charge on any atom is -0.328 e. The van der Waals surface area contributed by atoms with Gasteiger partial charge in [-0.15, -0.1) is 23.2 Å². The minimum absolute atomic E-state index is 0.329. The molecule has 1 aliphatic rings. The summed E-state index contributed by atoms with van der Waals surface area (Å²) in [5, 5.41) is 0. The van der Waals surface area contributed by atoms with E-state index >= 15 is 0 Å². The molecule has 0 aromatic heterocycles. The first-order valence-electron chi connectivity index (χ1n) is 3.23. The Bertz CT molecular complexity index is 93.2. The Labute approximate surface area is 65.5 Å². The van der Waals surface area contributed by atoms with Gasteiger partial charge in [0.25, 0.3) is 0 Å². The van der Waals surface area contributed by atoms with Crippen LogP contribution < -0.4 is 5.73 Å². The average Bonchev–Trinajstić information content (AvgIpc) is 1.78. The van der Waals surface area contributed by atoms with Gasteiger partial charge in [-0.05, 0) is 25.7 Å². The molecule has 0 aromatic carbocycles. The van der Waals surface area contributed by atoms with Gasteiger partial charge in [-0.25, -0.2) is 0 Å². The van der Waals surface area contributed by atoms with Crippen LogP contribution in [0.25, 0.3) is 0 Å². The second-order valence-electron chi connectivity index (χ2n) is 2.69. The SMILES string of the molecule is NC1CCC(Cl)(Cl)CC1. The maximum Gasteiger partial charge on any atom is 0.118 e. The highest BCUT2D eigenvalue weighted by atomic mass is 35.5. The molecule has 1 saturated carbocycles. The van der Waals surface area contributed by atoms with Gasteiger partial charge in [0, 0.05) is 6.04 Å². The van der Waals surface area contributed by atoms with Crippen LogP contribution in [-0.4, -0.2) is 10.4 Å². The smallest absolute Gasteiger partial charge is 0.118 e. The molecule has 0 spiro atoms. The zero-order valence-electron chi connectivity index (χ0n) is 5.24. The highest BCUT2D eigenvalue weighted by Crippen LogP contribution is 2.36. The summed E-state index contributed by atoms with van der Waals surface area (Å²) in [5.41, 5.74) is 5.64. The predicted molar refractivity (Wildman–Crippen MR) is 40.9 cm³/mol. The number of hydrogen-bond donors (Lipinski definition) is 1. The van der Waals surface area contributed by atoms with Crippen LogP contribution in [0, 0.1) is 0 Å². The van der Waals surface area contributed by atoms with Crippen molar-refractivity contribution in [1.82, 2.24) is 0 Å². The van der Waals surface area contributed by atoms with E-state index in [1.165, 1.54) is 0 Å². The maximum atomic E-state index is 5.85. The van der Waals surface area contributed by atoms with Gasteiger partial charge < -0.3 is 5.73 Å².